The minimum atomic E-state index is -0.473. The number of carbonyl (C=O) groups is 1. The maximum atomic E-state index is 11.7. The zero-order valence-corrected chi connectivity index (χ0v) is 14.9. The Labute approximate surface area is 138 Å². The number of aryl methyl sites for hydroxylation is 1. The number of carbonyl (C=O) groups excluding carboxylic acids is 1. The Hall–Kier alpha value is -1.26. The Bertz CT molecular complexity index is 498. The van der Waals surface area contributed by atoms with E-state index in [4.69, 9.17) is 16.3 Å². The number of halogens is 1. The van der Waals surface area contributed by atoms with Crippen LogP contribution in [0.3, 0.4) is 0 Å². The molecule has 0 fully saturated rings. The van der Waals surface area contributed by atoms with Crippen molar-refractivity contribution in [2.45, 2.75) is 59.2 Å². The van der Waals surface area contributed by atoms with E-state index in [1.165, 1.54) is 5.56 Å². The Kier molecular flexibility index (Phi) is 7.17. The molecule has 1 aromatic carbocycles. The van der Waals surface area contributed by atoms with E-state index >= 15 is 0 Å². The number of rotatable bonds is 6. The van der Waals surface area contributed by atoms with Gasteiger partial charge in [-0.2, -0.15) is 0 Å². The highest BCUT2D eigenvalue weighted by molar-refractivity contribution is 6.30. The predicted octanol–water partition coefficient (Wildman–Crippen LogP) is 4.04. The lowest BCUT2D eigenvalue weighted by atomic mass is 10.1. The second-order valence-electron chi connectivity index (χ2n) is 6.44. The van der Waals surface area contributed by atoms with Gasteiger partial charge in [-0.05, 0) is 57.4 Å². The molecule has 0 aliphatic heterocycles. The molecule has 22 heavy (non-hydrogen) atoms. The van der Waals surface area contributed by atoms with Crippen LogP contribution in [0.25, 0.3) is 0 Å². The average molecular weight is 327 g/mol. The number of nitrogens with one attached hydrogen (secondary N) is 2. The van der Waals surface area contributed by atoms with E-state index in [9.17, 15) is 4.79 Å². The van der Waals surface area contributed by atoms with Crippen molar-refractivity contribution >= 4 is 17.7 Å². The third-order valence-electron chi connectivity index (χ3n) is 3.27. The van der Waals surface area contributed by atoms with Gasteiger partial charge in [0, 0.05) is 24.2 Å². The third-order valence-corrected chi connectivity index (χ3v) is 3.51. The van der Waals surface area contributed by atoms with Crippen molar-refractivity contribution < 1.29 is 9.53 Å². The minimum absolute atomic E-state index is 0.197. The van der Waals surface area contributed by atoms with Crippen LogP contribution < -0.4 is 10.6 Å². The molecule has 1 atom stereocenters. The molecular weight excluding hydrogens is 300 g/mol. The van der Waals surface area contributed by atoms with E-state index in [0.29, 0.717) is 6.54 Å². The quantitative estimate of drug-likeness (QED) is 0.829. The molecule has 124 valence electrons. The zero-order chi connectivity index (χ0) is 16.8. The fourth-order valence-corrected chi connectivity index (χ4v) is 2.22. The highest BCUT2D eigenvalue weighted by atomic mass is 35.5. The van der Waals surface area contributed by atoms with E-state index in [2.05, 4.69) is 17.6 Å². The molecule has 2 N–H and O–H groups in total. The Balaban J connectivity index is 2.43. The van der Waals surface area contributed by atoms with Gasteiger partial charge in [0.05, 0.1) is 0 Å². The fraction of sp³-hybridized carbons (Fsp3) is 0.588. The summed E-state index contributed by atoms with van der Waals surface area (Å²) in [5, 5.41) is 7.01. The lowest BCUT2D eigenvalue weighted by molar-refractivity contribution is 0.0522. The maximum absolute atomic E-state index is 11.7. The SMILES string of the molecule is CCC(CNC(=O)OC(C)(C)C)NCc1ccc(Cl)cc1C. The Morgan fingerprint density at radius 2 is 2.05 bits per heavy atom. The van der Waals surface area contributed by atoms with Gasteiger partial charge in [0.1, 0.15) is 5.60 Å². The molecule has 0 spiro atoms. The highest BCUT2D eigenvalue weighted by Crippen LogP contribution is 2.15. The van der Waals surface area contributed by atoms with Gasteiger partial charge >= 0.3 is 6.09 Å². The fourth-order valence-electron chi connectivity index (χ4n) is 1.99. The van der Waals surface area contributed by atoms with E-state index in [0.717, 1.165) is 23.6 Å². The maximum Gasteiger partial charge on any atom is 0.407 e. The van der Waals surface area contributed by atoms with Gasteiger partial charge in [-0.15, -0.1) is 0 Å². The molecule has 0 saturated heterocycles. The van der Waals surface area contributed by atoms with Gasteiger partial charge in [0.15, 0.2) is 0 Å². The summed E-state index contributed by atoms with van der Waals surface area (Å²) in [4.78, 5) is 11.7. The summed E-state index contributed by atoms with van der Waals surface area (Å²) < 4.78 is 5.24. The van der Waals surface area contributed by atoms with Crippen LogP contribution in [-0.4, -0.2) is 24.3 Å². The second-order valence-corrected chi connectivity index (χ2v) is 6.88. The van der Waals surface area contributed by atoms with Crippen LogP contribution in [-0.2, 0) is 11.3 Å². The second kappa shape index (κ2) is 8.39. The molecule has 0 saturated carbocycles. The first-order valence-corrected chi connectivity index (χ1v) is 8.04. The zero-order valence-electron chi connectivity index (χ0n) is 14.1. The minimum Gasteiger partial charge on any atom is -0.444 e. The monoisotopic (exact) mass is 326 g/mol. The van der Waals surface area contributed by atoms with E-state index < -0.39 is 5.60 Å². The van der Waals surface area contributed by atoms with E-state index in [1.807, 2.05) is 45.9 Å². The van der Waals surface area contributed by atoms with Crippen molar-refractivity contribution in [2.75, 3.05) is 6.54 Å². The standard InChI is InChI=1S/C17H27ClN2O2/c1-6-15(11-20-16(21)22-17(3,4)5)19-10-13-7-8-14(18)9-12(13)2/h7-9,15,19H,6,10-11H2,1-5H3,(H,20,21). The van der Waals surface area contributed by atoms with Crippen molar-refractivity contribution in [3.05, 3.63) is 34.3 Å². The van der Waals surface area contributed by atoms with Crippen molar-refractivity contribution in [3.63, 3.8) is 0 Å². The summed E-state index contributed by atoms with van der Waals surface area (Å²) in [6.45, 7) is 11.0. The van der Waals surface area contributed by atoms with Crippen molar-refractivity contribution in [1.29, 1.82) is 0 Å². The number of amides is 1. The van der Waals surface area contributed by atoms with Gasteiger partial charge in [-0.25, -0.2) is 4.79 Å². The van der Waals surface area contributed by atoms with E-state index in [-0.39, 0.29) is 12.1 Å². The van der Waals surface area contributed by atoms with Gasteiger partial charge in [0.2, 0.25) is 0 Å². The van der Waals surface area contributed by atoms with Gasteiger partial charge in [-0.3, -0.25) is 0 Å². The van der Waals surface area contributed by atoms with Crippen molar-refractivity contribution in [3.8, 4) is 0 Å². The molecule has 0 aromatic heterocycles. The van der Waals surface area contributed by atoms with Crippen LogP contribution in [0.2, 0.25) is 5.02 Å². The lowest BCUT2D eigenvalue weighted by Crippen LogP contribution is -2.42. The summed E-state index contributed by atoms with van der Waals surface area (Å²) in [6.07, 6.45) is 0.540. The molecule has 1 unspecified atom stereocenters. The normalized spacial score (nSPS) is 12.8. The third kappa shape index (κ3) is 7.14. The molecule has 5 heteroatoms. The molecule has 0 aliphatic carbocycles. The summed E-state index contributed by atoms with van der Waals surface area (Å²) in [6, 6.07) is 6.07. The highest BCUT2D eigenvalue weighted by Gasteiger charge is 2.17. The topological polar surface area (TPSA) is 50.4 Å². The van der Waals surface area contributed by atoms with Crippen molar-refractivity contribution in [1.82, 2.24) is 10.6 Å². The van der Waals surface area contributed by atoms with Crippen LogP contribution in [0.5, 0.6) is 0 Å². The van der Waals surface area contributed by atoms with Crippen molar-refractivity contribution in [2.24, 2.45) is 0 Å². The number of benzene rings is 1. The molecule has 4 nitrogen and oxygen atoms in total. The predicted molar refractivity (Wildman–Crippen MR) is 91.3 cm³/mol. The van der Waals surface area contributed by atoms with Gasteiger partial charge in [0.25, 0.3) is 0 Å². The molecular formula is C17H27ClN2O2. The van der Waals surface area contributed by atoms with Crippen LogP contribution >= 0.6 is 11.6 Å². The Morgan fingerprint density at radius 1 is 1.36 bits per heavy atom. The molecule has 1 amide bonds. The van der Waals surface area contributed by atoms with Crippen LogP contribution in [0.15, 0.2) is 18.2 Å². The first-order valence-electron chi connectivity index (χ1n) is 7.66. The molecule has 0 aliphatic rings. The summed E-state index contributed by atoms with van der Waals surface area (Å²) in [5.41, 5.74) is 1.90. The summed E-state index contributed by atoms with van der Waals surface area (Å²) in [5.74, 6) is 0. The molecule has 0 radical (unpaired) electrons. The first kappa shape index (κ1) is 18.8. The van der Waals surface area contributed by atoms with Gasteiger partial charge < -0.3 is 15.4 Å². The number of ether oxygens (including phenoxy) is 1. The van der Waals surface area contributed by atoms with Crippen LogP contribution in [0, 0.1) is 6.92 Å². The Morgan fingerprint density at radius 3 is 2.59 bits per heavy atom. The van der Waals surface area contributed by atoms with Gasteiger partial charge in [-0.1, -0.05) is 24.6 Å². The molecule has 1 rings (SSSR count). The first-order chi connectivity index (χ1) is 10.2. The largest absolute Gasteiger partial charge is 0.444 e. The number of alkyl carbamates (subject to hydrolysis) is 1. The summed E-state index contributed by atoms with van der Waals surface area (Å²) in [7, 11) is 0. The number of hydrogen-bond acceptors (Lipinski definition) is 3. The molecule has 0 heterocycles. The average Bonchev–Trinajstić information content (AvgIpc) is 2.38. The summed E-state index contributed by atoms with van der Waals surface area (Å²) >= 11 is 5.96. The molecule has 1 aromatic rings. The van der Waals surface area contributed by atoms with Crippen LogP contribution in [0.1, 0.15) is 45.2 Å². The van der Waals surface area contributed by atoms with E-state index in [1.54, 1.807) is 0 Å². The lowest BCUT2D eigenvalue weighted by Gasteiger charge is -2.22. The number of hydrogen-bond donors (Lipinski definition) is 2. The van der Waals surface area contributed by atoms with Crippen LogP contribution in [0.4, 0.5) is 4.79 Å². The smallest absolute Gasteiger partial charge is 0.407 e. The molecule has 0 bridgehead atoms.